The van der Waals surface area contributed by atoms with E-state index < -0.39 is 0 Å². The fourth-order valence-corrected chi connectivity index (χ4v) is 3.87. The monoisotopic (exact) mass is 339 g/mol. The fourth-order valence-electron chi connectivity index (χ4n) is 3.31. The van der Waals surface area contributed by atoms with Crippen LogP contribution in [0.1, 0.15) is 45.2 Å². The summed E-state index contributed by atoms with van der Waals surface area (Å²) in [5.74, 6) is 1.14. The van der Waals surface area contributed by atoms with Crippen LogP contribution in [0.5, 0.6) is 5.75 Å². The second kappa shape index (κ2) is 6.48. The van der Waals surface area contributed by atoms with E-state index >= 15 is 0 Å². The van der Waals surface area contributed by atoms with Crippen molar-refractivity contribution in [1.29, 1.82) is 0 Å². The van der Waals surface area contributed by atoms with Crippen LogP contribution in [0.15, 0.2) is 16.6 Å². The molecule has 112 valence electrons. The van der Waals surface area contributed by atoms with Gasteiger partial charge >= 0.3 is 0 Å². The van der Waals surface area contributed by atoms with Crippen molar-refractivity contribution in [3.63, 3.8) is 0 Å². The molecule has 1 heterocycles. The van der Waals surface area contributed by atoms with Crippen molar-refractivity contribution >= 4 is 15.9 Å². The molecule has 1 aliphatic heterocycles. The summed E-state index contributed by atoms with van der Waals surface area (Å²) in [5.41, 5.74) is 2.97. The third-order valence-electron chi connectivity index (χ3n) is 3.91. The van der Waals surface area contributed by atoms with Crippen LogP contribution in [-0.4, -0.2) is 19.2 Å². The van der Waals surface area contributed by atoms with E-state index in [1.54, 1.807) is 0 Å². The average Bonchev–Trinajstić information content (AvgIpc) is 2.75. The van der Waals surface area contributed by atoms with Crippen LogP contribution in [0.4, 0.5) is 0 Å². The average molecular weight is 340 g/mol. The number of halogens is 1. The van der Waals surface area contributed by atoms with Gasteiger partial charge in [0.25, 0.3) is 0 Å². The first-order valence-corrected chi connectivity index (χ1v) is 8.38. The molecule has 0 fully saturated rings. The number of benzene rings is 1. The largest absolute Gasteiger partial charge is 0.493 e. The molecule has 3 heteroatoms. The minimum absolute atomic E-state index is 0.266. The highest BCUT2D eigenvalue weighted by Crippen LogP contribution is 2.38. The Labute approximate surface area is 131 Å². The molecule has 0 saturated heterocycles. The highest BCUT2D eigenvalue weighted by atomic mass is 79.9. The third kappa shape index (κ3) is 3.98. The molecule has 2 nitrogen and oxygen atoms in total. The fraction of sp³-hybridized carbons (Fsp3) is 0.647. The molecule has 1 aromatic carbocycles. The quantitative estimate of drug-likeness (QED) is 0.832. The number of fused-ring (bicyclic) bond motifs is 1. The summed E-state index contributed by atoms with van der Waals surface area (Å²) in [7, 11) is 0. The maximum atomic E-state index is 5.85. The van der Waals surface area contributed by atoms with Crippen molar-refractivity contribution in [2.75, 3.05) is 13.2 Å². The molecule has 0 aromatic heterocycles. The lowest BCUT2D eigenvalue weighted by atomic mass is 9.80. The molecule has 1 N–H and O–H groups in total. The standard InChI is InChI=1S/C17H26BrNO/c1-5-19-12(2)10-17(3,4)11-14-9-15(18)8-13-6-7-20-16(13)14/h8-9,12,19H,5-7,10-11H2,1-4H3. The van der Waals surface area contributed by atoms with Gasteiger partial charge in [-0.1, -0.05) is 36.7 Å². The third-order valence-corrected chi connectivity index (χ3v) is 4.36. The predicted octanol–water partition coefficient (Wildman–Crippen LogP) is 4.34. The highest BCUT2D eigenvalue weighted by molar-refractivity contribution is 9.10. The summed E-state index contributed by atoms with van der Waals surface area (Å²) in [6.07, 6.45) is 3.27. The van der Waals surface area contributed by atoms with Gasteiger partial charge in [0, 0.05) is 16.9 Å². The molecule has 0 spiro atoms. The zero-order valence-corrected chi connectivity index (χ0v) is 14.6. The van der Waals surface area contributed by atoms with E-state index in [1.807, 2.05) is 0 Å². The molecular weight excluding hydrogens is 314 g/mol. The zero-order valence-electron chi connectivity index (χ0n) is 13.1. The molecular formula is C17H26BrNO. The predicted molar refractivity (Wildman–Crippen MR) is 88.6 cm³/mol. The first kappa shape index (κ1) is 15.8. The minimum Gasteiger partial charge on any atom is -0.493 e. The van der Waals surface area contributed by atoms with Crippen molar-refractivity contribution < 1.29 is 4.74 Å². The van der Waals surface area contributed by atoms with Crippen molar-refractivity contribution in [3.05, 3.63) is 27.7 Å². The van der Waals surface area contributed by atoms with Gasteiger partial charge in [-0.25, -0.2) is 0 Å². The Morgan fingerprint density at radius 3 is 2.85 bits per heavy atom. The molecule has 1 aromatic rings. The van der Waals surface area contributed by atoms with Gasteiger partial charge in [-0.2, -0.15) is 0 Å². The van der Waals surface area contributed by atoms with Crippen LogP contribution < -0.4 is 10.1 Å². The number of rotatable bonds is 6. The number of hydrogen-bond acceptors (Lipinski definition) is 2. The highest BCUT2D eigenvalue weighted by Gasteiger charge is 2.25. The van der Waals surface area contributed by atoms with Gasteiger partial charge in [0.05, 0.1) is 6.61 Å². The van der Waals surface area contributed by atoms with Crippen LogP contribution in [0.2, 0.25) is 0 Å². The Morgan fingerprint density at radius 2 is 2.15 bits per heavy atom. The molecule has 20 heavy (non-hydrogen) atoms. The van der Waals surface area contributed by atoms with Crippen LogP contribution in [0.3, 0.4) is 0 Å². The van der Waals surface area contributed by atoms with E-state index in [2.05, 4.69) is 61.1 Å². The Hall–Kier alpha value is -0.540. The number of nitrogens with one attached hydrogen (secondary N) is 1. The Morgan fingerprint density at radius 1 is 1.40 bits per heavy atom. The van der Waals surface area contributed by atoms with Crippen molar-refractivity contribution in [3.8, 4) is 5.75 Å². The van der Waals surface area contributed by atoms with Crippen molar-refractivity contribution in [2.45, 2.75) is 53.0 Å². The van der Waals surface area contributed by atoms with Crippen LogP contribution in [0.25, 0.3) is 0 Å². The summed E-state index contributed by atoms with van der Waals surface area (Å²) < 4.78 is 7.02. The van der Waals surface area contributed by atoms with E-state index in [1.165, 1.54) is 22.0 Å². The molecule has 0 radical (unpaired) electrons. The first-order valence-electron chi connectivity index (χ1n) is 7.59. The molecule has 0 saturated carbocycles. The minimum atomic E-state index is 0.266. The Balaban J connectivity index is 2.13. The smallest absolute Gasteiger partial charge is 0.125 e. The molecule has 2 rings (SSSR count). The van der Waals surface area contributed by atoms with Gasteiger partial charge in [0.15, 0.2) is 0 Å². The number of hydrogen-bond donors (Lipinski definition) is 1. The molecule has 0 bridgehead atoms. The lowest BCUT2D eigenvalue weighted by Gasteiger charge is -2.29. The Kier molecular flexibility index (Phi) is 5.14. The normalized spacial score (nSPS) is 15.8. The van der Waals surface area contributed by atoms with Gasteiger partial charge < -0.3 is 10.1 Å². The molecule has 1 atom stereocenters. The molecule has 0 amide bonds. The Bertz CT molecular complexity index is 470. The van der Waals surface area contributed by atoms with Gasteiger partial charge in [0.2, 0.25) is 0 Å². The summed E-state index contributed by atoms with van der Waals surface area (Å²) in [4.78, 5) is 0. The van der Waals surface area contributed by atoms with Crippen LogP contribution in [0, 0.1) is 5.41 Å². The maximum absolute atomic E-state index is 5.85. The summed E-state index contributed by atoms with van der Waals surface area (Å²) in [6, 6.07) is 4.97. The van der Waals surface area contributed by atoms with E-state index in [0.29, 0.717) is 6.04 Å². The first-order chi connectivity index (χ1) is 9.41. The van der Waals surface area contributed by atoms with E-state index in [-0.39, 0.29) is 5.41 Å². The topological polar surface area (TPSA) is 21.3 Å². The van der Waals surface area contributed by atoms with Crippen molar-refractivity contribution in [2.24, 2.45) is 5.41 Å². The maximum Gasteiger partial charge on any atom is 0.125 e. The van der Waals surface area contributed by atoms with E-state index in [4.69, 9.17) is 4.74 Å². The summed E-state index contributed by atoms with van der Waals surface area (Å²) in [5, 5.41) is 3.51. The van der Waals surface area contributed by atoms with Gasteiger partial charge in [-0.05, 0) is 55.0 Å². The zero-order chi connectivity index (χ0) is 14.8. The lowest BCUT2D eigenvalue weighted by Crippen LogP contribution is -2.32. The van der Waals surface area contributed by atoms with Gasteiger partial charge in [-0.3, -0.25) is 0 Å². The van der Waals surface area contributed by atoms with Crippen LogP contribution >= 0.6 is 15.9 Å². The number of ether oxygens (including phenoxy) is 1. The van der Waals surface area contributed by atoms with E-state index in [0.717, 1.165) is 31.7 Å². The van der Waals surface area contributed by atoms with Gasteiger partial charge in [0.1, 0.15) is 5.75 Å². The van der Waals surface area contributed by atoms with E-state index in [9.17, 15) is 0 Å². The molecule has 1 unspecified atom stereocenters. The lowest BCUT2D eigenvalue weighted by molar-refractivity contribution is 0.282. The van der Waals surface area contributed by atoms with Gasteiger partial charge in [-0.15, -0.1) is 0 Å². The second-order valence-electron chi connectivity index (χ2n) is 6.66. The SMILES string of the molecule is CCNC(C)CC(C)(C)Cc1cc(Br)cc2c1OCC2. The van der Waals surface area contributed by atoms with Crippen LogP contribution in [-0.2, 0) is 12.8 Å². The van der Waals surface area contributed by atoms with Crippen molar-refractivity contribution in [1.82, 2.24) is 5.32 Å². The summed E-state index contributed by atoms with van der Waals surface area (Å²) >= 11 is 3.63. The second-order valence-corrected chi connectivity index (χ2v) is 7.57. The molecule has 0 aliphatic carbocycles. The molecule has 1 aliphatic rings. The summed E-state index contributed by atoms with van der Waals surface area (Å²) in [6.45, 7) is 11.0.